The van der Waals surface area contributed by atoms with E-state index >= 15 is 0 Å². The van der Waals surface area contributed by atoms with Crippen LogP contribution in [-0.2, 0) is 4.74 Å². The van der Waals surface area contributed by atoms with Crippen molar-refractivity contribution in [3.63, 3.8) is 0 Å². The highest BCUT2D eigenvalue weighted by atomic mass is 16.5. The van der Waals surface area contributed by atoms with Crippen LogP contribution in [-0.4, -0.2) is 43.3 Å². The smallest absolute Gasteiger partial charge is 0.0575 e. The largest absolute Gasteiger partial charge is 0.379 e. The quantitative estimate of drug-likeness (QED) is 0.819. The minimum absolute atomic E-state index is 0.519. The summed E-state index contributed by atoms with van der Waals surface area (Å²) in [5, 5.41) is 0. The third-order valence-electron chi connectivity index (χ3n) is 4.77. The van der Waals surface area contributed by atoms with Gasteiger partial charge in [0.25, 0.3) is 0 Å². The molecule has 1 heterocycles. The summed E-state index contributed by atoms with van der Waals surface area (Å²) in [7, 11) is 0. The van der Waals surface area contributed by atoms with E-state index in [0.717, 1.165) is 19.1 Å². The molecule has 1 aliphatic carbocycles. The van der Waals surface area contributed by atoms with Crippen LogP contribution in [0.2, 0.25) is 0 Å². The Morgan fingerprint density at radius 2 is 1.78 bits per heavy atom. The first kappa shape index (κ1) is 14.3. The van der Waals surface area contributed by atoms with Gasteiger partial charge >= 0.3 is 0 Å². The van der Waals surface area contributed by atoms with Gasteiger partial charge in [0.1, 0.15) is 0 Å². The van der Waals surface area contributed by atoms with Crippen molar-refractivity contribution in [1.29, 1.82) is 0 Å². The molecule has 3 heteroatoms. The maximum atomic E-state index is 6.05. The molecule has 1 aliphatic heterocycles. The van der Waals surface area contributed by atoms with Gasteiger partial charge in [-0.1, -0.05) is 6.42 Å². The predicted octanol–water partition coefficient (Wildman–Crippen LogP) is 2.39. The van der Waals surface area contributed by atoms with Crippen LogP contribution in [0.5, 0.6) is 0 Å². The lowest BCUT2D eigenvalue weighted by Crippen LogP contribution is -2.49. The Labute approximate surface area is 112 Å². The van der Waals surface area contributed by atoms with Crippen molar-refractivity contribution >= 4 is 0 Å². The average Bonchev–Trinajstić information content (AvgIpc) is 2.43. The lowest BCUT2D eigenvalue weighted by molar-refractivity contribution is 0.00835. The van der Waals surface area contributed by atoms with Gasteiger partial charge in [0.15, 0.2) is 0 Å². The monoisotopic (exact) mass is 254 g/mol. The van der Waals surface area contributed by atoms with Crippen LogP contribution < -0.4 is 5.73 Å². The number of nitrogens with two attached hydrogens (primary N) is 1. The molecular formula is C15H30N2O. The van der Waals surface area contributed by atoms with Gasteiger partial charge in [-0.2, -0.15) is 0 Å². The molecule has 1 saturated carbocycles. The van der Waals surface area contributed by atoms with Crippen molar-refractivity contribution in [1.82, 2.24) is 4.90 Å². The normalized spacial score (nSPS) is 32.3. The molecule has 0 aromatic carbocycles. The second-order valence-electron chi connectivity index (χ2n) is 5.89. The SMILES string of the molecule is CCOC1CCC([C@@H](CN)N2CCCCC2)CC1. The molecule has 0 bridgehead atoms. The Bertz CT molecular complexity index is 221. The fraction of sp³-hybridized carbons (Fsp3) is 1.00. The van der Waals surface area contributed by atoms with Gasteiger partial charge in [0.05, 0.1) is 6.10 Å². The highest BCUT2D eigenvalue weighted by molar-refractivity contribution is 4.86. The van der Waals surface area contributed by atoms with Crippen LogP contribution in [0, 0.1) is 5.92 Å². The molecule has 0 radical (unpaired) electrons. The first-order chi connectivity index (χ1) is 8.85. The van der Waals surface area contributed by atoms with Gasteiger partial charge in [-0.05, 0) is 64.5 Å². The fourth-order valence-corrected chi connectivity index (χ4v) is 3.77. The summed E-state index contributed by atoms with van der Waals surface area (Å²) in [4.78, 5) is 2.66. The van der Waals surface area contributed by atoms with E-state index < -0.39 is 0 Å². The van der Waals surface area contributed by atoms with Gasteiger partial charge in [0, 0.05) is 19.2 Å². The Morgan fingerprint density at radius 3 is 2.33 bits per heavy atom. The molecule has 1 atom stereocenters. The van der Waals surface area contributed by atoms with Crippen molar-refractivity contribution in [2.24, 2.45) is 11.7 Å². The molecule has 1 saturated heterocycles. The molecule has 2 rings (SSSR count). The van der Waals surface area contributed by atoms with Crippen molar-refractivity contribution in [3.05, 3.63) is 0 Å². The zero-order chi connectivity index (χ0) is 12.8. The standard InChI is InChI=1S/C15H30N2O/c1-2-18-14-8-6-13(7-9-14)15(12-16)17-10-4-3-5-11-17/h13-15H,2-12,16H2,1H3/t13?,14?,15-/m1/s1. The van der Waals surface area contributed by atoms with Gasteiger partial charge in [-0.25, -0.2) is 0 Å². The van der Waals surface area contributed by atoms with Crippen LogP contribution in [0.15, 0.2) is 0 Å². The van der Waals surface area contributed by atoms with Crippen LogP contribution in [0.4, 0.5) is 0 Å². The first-order valence-corrected chi connectivity index (χ1v) is 7.90. The summed E-state index contributed by atoms with van der Waals surface area (Å²) >= 11 is 0. The zero-order valence-corrected chi connectivity index (χ0v) is 11.9. The lowest BCUT2D eigenvalue weighted by Gasteiger charge is -2.41. The summed E-state index contributed by atoms with van der Waals surface area (Å²) in [5.41, 5.74) is 6.05. The number of hydrogen-bond donors (Lipinski definition) is 1. The molecule has 0 unspecified atom stereocenters. The summed E-state index contributed by atoms with van der Waals surface area (Å²) in [6.45, 7) is 6.34. The van der Waals surface area contributed by atoms with Crippen molar-refractivity contribution in [2.75, 3.05) is 26.2 Å². The Kier molecular flexibility index (Phi) is 5.93. The molecular weight excluding hydrogens is 224 g/mol. The van der Waals surface area contributed by atoms with E-state index in [2.05, 4.69) is 11.8 Å². The summed E-state index contributed by atoms with van der Waals surface area (Å²) in [6.07, 6.45) is 9.75. The predicted molar refractivity (Wildman–Crippen MR) is 75.6 cm³/mol. The fourth-order valence-electron chi connectivity index (χ4n) is 3.77. The molecule has 0 aromatic heterocycles. The van der Waals surface area contributed by atoms with E-state index in [4.69, 9.17) is 10.5 Å². The molecule has 3 nitrogen and oxygen atoms in total. The third kappa shape index (κ3) is 3.69. The topological polar surface area (TPSA) is 38.5 Å². The minimum Gasteiger partial charge on any atom is -0.379 e. The van der Waals surface area contributed by atoms with Crippen molar-refractivity contribution < 1.29 is 4.74 Å². The molecule has 18 heavy (non-hydrogen) atoms. The van der Waals surface area contributed by atoms with E-state index in [1.54, 1.807) is 0 Å². The number of hydrogen-bond acceptors (Lipinski definition) is 3. The summed E-state index contributed by atoms with van der Waals surface area (Å²) in [5.74, 6) is 0.810. The maximum Gasteiger partial charge on any atom is 0.0575 e. The number of ether oxygens (including phenoxy) is 1. The second kappa shape index (κ2) is 7.46. The maximum absolute atomic E-state index is 6.05. The summed E-state index contributed by atoms with van der Waals surface area (Å²) in [6, 6.07) is 0.632. The first-order valence-electron chi connectivity index (χ1n) is 7.90. The molecule has 0 spiro atoms. The van der Waals surface area contributed by atoms with E-state index in [1.807, 2.05) is 0 Å². The van der Waals surface area contributed by atoms with Gasteiger partial charge < -0.3 is 10.5 Å². The Balaban J connectivity index is 1.81. The van der Waals surface area contributed by atoms with Crippen molar-refractivity contribution in [3.8, 4) is 0 Å². The minimum atomic E-state index is 0.519. The van der Waals surface area contributed by atoms with E-state index in [-0.39, 0.29) is 0 Å². The van der Waals surface area contributed by atoms with Gasteiger partial charge in [-0.3, -0.25) is 4.90 Å². The second-order valence-corrected chi connectivity index (χ2v) is 5.89. The lowest BCUT2D eigenvalue weighted by atomic mass is 9.81. The highest BCUT2D eigenvalue weighted by Crippen LogP contribution is 2.31. The number of likely N-dealkylation sites (tertiary alicyclic amines) is 1. The molecule has 106 valence electrons. The molecule has 2 aliphatic rings. The van der Waals surface area contributed by atoms with Crippen LogP contribution in [0.25, 0.3) is 0 Å². The summed E-state index contributed by atoms with van der Waals surface area (Å²) < 4.78 is 5.75. The number of piperidine rings is 1. The zero-order valence-electron chi connectivity index (χ0n) is 11.9. The van der Waals surface area contributed by atoms with Crippen LogP contribution >= 0.6 is 0 Å². The Hall–Kier alpha value is -0.120. The average molecular weight is 254 g/mol. The number of nitrogens with zero attached hydrogens (tertiary/aromatic N) is 1. The molecule has 0 aromatic rings. The van der Waals surface area contributed by atoms with E-state index in [9.17, 15) is 0 Å². The third-order valence-corrected chi connectivity index (χ3v) is 4.77. The Morgan fingerprint density at radius 1 is 1.11 bits per heavy atom. The number of rotatable bonds is 5. The van der Waals surface area contributed by atoms with E-state index in [1.165, 1.54) is 58.0 Å². The molecule has 0 amide bonds. The van der Waals surface area contributed by atoms with Crippen molar-refractivity contribution in [2.45, 2.75) is 64.0 Å². The van der Waals surface area contributed by atoms with Gasteiger partial charge in [0.2, 0.25) is 0 Å². The van der Waals surface area contributed by atoms with Crippen LogP contribution in [0.3, 0.4) is 0 Å². The van der Waals surface area contributed by atoms with Crippen LogP contribution in [0.1, 0.15) is 51.9 Å². The van der Waals surface area contributed by atoms with Gasteiger partial charge in [-0.15, -0.1) is 0 Å². The highest BCUT2D eigenvalue weighted by Gasteiger charge is 2.31. The molecule has 2 fully saturated rings. The van der Waals surface area contributed by atoms with E-state index in [0.29, 0.717) is 12.1 Å². The molecule has 2 N–H and O–H groups in total.